The fourth-order valence-corrected chi connectivity index (χ4v) is 6.21. The van der Waals surface area contributed by atoms with E-state index in [1.165, 1.54) is 4.31 Å². The molecule has 0 spiro atoms. The number of fused-ring (bicyclic) bond motifs is 1. The average molecular weight is 527 g/mol. The van der Waals surface area contributed by atoms with Crippen molar-refractivity contribution in [3.8, 4) is 5.75 Å². The number of benzene rings is 2. The highest BCUT2D eigenvalue weighted by molar-refractivity contribution is 7.89. The third-order valence-electron chi connectivity index (χ3n) is 6.70. The van der Waals surface area contributed by atoms with Crippen LogP contribution in [-0.2, 0) is 27.8 Å². The highest BCUT2D eigenvalue weighted by Gasteiger charge is 2.33. The van der Waals surface area contributed by atoms with Crippen molar-refractivity contribution in [2.45, 2.75) is 76.5 Å². The predicted octanol–water partition coefficient (Wildman–Crippen LogP) is 4.33. The summed E-state index contributed by atoms with van der Waals surface area (Å²) >= 11 is 0. The van der Waals surface area contributed by atoms with E-state index in [1.807, 2.05) is 52.1 Å². The lowest BCUT2D eigenvalue weighted by Crippen LogP contribution is -2.35. The molecule has 0 bridgehead atoms. The van der Waals surface area contributed by atoms with Gasteiger partial charge in [0.2, 0.25) is 10.0 Å². The van der Waals surface area contributed by atoms with Crippen LogP contribution in [0.1, 0.15) is 68.0 Å². The summed E-state index contributed by atoms with van der Waals surface area (Å²) in [6, 6.07) is 12.7. The van der Waals surface area contributed by atoms with Crippen molar-refractivity contribution < 1.29 is 23.1 Å². The zero-order chi connectivity index (χ0) is 26.7. The van der Waals surface area contributed by atoms with E-state index in [0.29, 0.717) is 18.6 Å². The molecule has 0 fully saturated rings. The number of aliphatic carboxylic acids is 1. The largest absolute Gasteiger partial charge is 0.488 e. The summed E-state index contributed by atoms with van der Waals surface area (Å²) < 4.78 is 36.2. The Bertz CT molecular complexity index is 1370. The third kappa shape index (κ3) is 6.19. The Balaban J connectivity index is 1.59. The maximum Gasteiger partial charge on any atom is 0.303 e. The first-order chi connectivity index (χ1) is 17.5. The molecule has 2 unspecified atom stereocenters. The van der Waals surface area contributed by atoms with Crippen LogP contribution in [0.4, 0.5) is 0 Å². The van der Waals surface area contributed by atoms with E-state index in [2.05, 4.69) is 10.3 Å². The number of rotatable bonds is 9. The quantitative estimate of drug-likeness (QED) is 0.441. The Kier molecular flexibility index (Phi) is 7.99. The molecule has 2 aromatic carbocycles. The van der Waals surface area contributed by atoms with Gasteiger partial charge in [0.25, 0.3) is 0 Å². The maximum atomic E-state index is 13.5. The Morgan fingerprint density at radius 3 is 2.68 bits per heavy atom. The molecule has 0 saturated carbocycles. The number of carboxylic acid groups (broad SMARTS) is 1. The van der Waals surface area contributed by atoms with Crippen molar-refractivity contribution in [1.29, 1.82) is 0 Å². The van der Waals surface area contributed by atoms with Crippen molar-refractivity contribution in [2.24, 2.45) is 0 Å². The molecule has 4 rings (SSSR count). The number of hydrogen-bond acceptors (Lipinski definition) is 6. The number of ether oxygens (including phenoxy) is 1. The molecular weight excluding hydrogens is 492 g/mol. The van der Waals surface area contributed by atoms with Crippen LogP contribution in [0.15, 0.2) is 53.6 Å². The summed E-state index contributed by atoms with van der Waals surface area (Å²) in [6.45, 7) is 8.22. The van der Waals surface area contributed by atoms with Gasteiger partial charge in [0.15, 0.2) is 0 Å². The van der Waals surface area contributed by atoms with Gasteiger partial charge in [-0.3, -0.25) is 4.79 Å². The lowest BCUT2D eigenvalue weighted by Gasteiger charge is -2.23. The lowest BCUT2D eigenvalue weighted by molar-refractivity contribution is -0.137. The minimum absolute atomic E-state index is 0.0267. The molecule has 198 valence electrons. The van der Waals surface area contributed by atoms with Crippen molar-refractivity contribution in [3.63, 3.8) is 0 Å². The van der Waals surface area contributed by atoms with Gasteiger partial charge in [-0.05, 0) is 75.3 Å². The van der Waals surface area contributed by atoms with Gasteiger partial charge in [0, 0.05) is 18.8 Å². The highest BCUT2D eigenvalue weighted by Crippen LogP contribution is 2.33. The first-order valence-electron chi connectivity index (χ1n) is 12.5. The van der Waals surface area contributed by atoms with Crippen LogP contribution in [0.3, 0.4) is 0 Å². The topological polar surface area (TPSA) is 115 Å². The SMILES string of the molecule is Cc1ccc(C(CCc2cn(C(C)C)nn2)CC(=O)O)cc1CN1CC(C)Oc2ccccc2S1(=O)=O. The predicted molar refractivity (Wildman–Crippen MR) is 139 cm³/mol. The fraction of sp³-hybridized carbons (Fsp3) is 0.444. The normalized spacial score (nSPS) is 18.1. The second-order valence-corrected chi connectivity index (χ2v) is 11.9. The van der Waals surface area contributed by atoms with Crippen LogP contribution in [0.2, 0.25) is 0 Å². The van der Waals surface area contributed by atoms with Gasteiger partial charge in [0.1, 0.15) is 16.7 Å². The van der Waals surface area contributed by atoms with Gasteiger partial charge >= 0.3 is 5.97 Å². The first kappa shape index (κ1) is 26.8. The van der Waals surface area contributed by atoms with Crippen LogP contribution < -0.4 is 4.74 Å². The van der Waals surface area contributed by atoms with Gasteiger partial charge in [0.05, 0.1) is 18.7 Å². The molecule has 1 aliphatic heterocycles. The molecule has 1 N–H and O–H groups in total. The Morgan fingerprint density at radius 2 is 1.97 bits per heavy atom. The minimum atomic E-state index is -3.77. The summed E-state index contributed by atoms with van der Waals surface area (Å²) in [5, 5.41) is 18.0. The van der Waals surface area contributed by atoms with E-state index in [1.54, 1.807) is 28.9 Å². The molecule has 1 aromatic heterocycles. The van der Waals surface area contributed by atoms with Crippen LogP contribution in [0, 0.1) is 6.92 Å². The van der Waals surface area contributed by atoms with Crippen molar-refractivity contribution in [2.75, 3.05) is 6.54 Å². The van der Waals surface area contributed by atoms with Crippen LogP contribution in [0.25, 0.3) is 0 Å². The number of sulfonamides is 1. The molecular formula is C27H34N4O5S. The molecule has 0 aliphatic carbocycles. The molecule has 1 aliphatic rings. The van der Waals surface area contributed by atoms with E-state index in [-0.39, 0.29) is 42.5 Å². The maximum absolute atomic E-state index is 13.5. The van der Waals surface area contributed by atoms with Gasteiger partial charge in [-0.2, -0.15) is 4.31 Å². The number of carbonyl (C=O) groups is 1. The highest BCUT2D eigenvalue weighted by atomic mass is 32.2. The monoisotopic (exact) mass is 526 g/mol. The third-order valence-corrected chi connectivity index (χ3v) is 8.56. The Labute approximate surface area is 218 Å². The summed E-state index contributed by atoms with van der Waals surface area (Å²) in [5.41, 5.74) is 3.48. The number of aryl methyl sites for hydroxylation is 2. The van der Waals surface area contributed by atoms with Gasteiger partial charge in [-0.1, -0.05) is 35.5 Å². The molecule has 10 heteroatoms. The minimum Gasteiger partial charge on any atom is -0.488 e. The molecule has 2 atom stereocenters. The van der Waals surface area contributed by atoms with Gasteiger partial charge in [-0.25, -0.2) is 13.1 Å². The van der Waals surface area contributed by atoms with E-state index in [9.17, 15) is 18.3 Å². The van der Waals surface area contributed by atoms with Crippen molar-refractivity contribution in [3.05, 3.63) is 71.0 Å². The van der Waals surface area contributed by atoms with Crippen molar-refractivity contribution >= 4 is 16.0 Å². The molecule has 0 radical (unpaired) electrons. The number of hydrogen-bond donors (Lipinski definition) is 1. The second kappa shape index (κ2) is 11.0. The number of para-hydroxylation sites is 1. The first-order valence-corrected chi connectivity index (χ1v) is 14.0. The van der Waals surface area contributed by atoms with Gasteiger partial charge in [-0.15, -0.1) is 5.10 Å². The Hall–Kier alpha value is -3.24. The molecule has 0 amide bonds. The van der Waals surface area contributed by atoms with Crippen molar-refractivity contribution in [1.82, 2.24) is 19.3 Å². The van der Waals surface area contributed by atoms with E-state index in [4.69, 9.17) is 4.74 Å². The number of carboxylic acids is 1. The second-order valence-electron chi connectivity index (χ2n) is 9.98. The van der Waals surface area contributed by atoms with E-state index >= 15 is 0 Å². The zero-order valence-corrected chi connectivity index (χ0v) is 22.5. The van der Waals surface area contributed by atoms with Gasteiger partial charge < -0.3 is 9.84 Å². The molecule has 9 nitrogen and oxygen atoms in total. The zero-order valence-electron chi connectivity index (χ0n) is 21.7. The number of nitrogens with zero attached hydrogens (tertiary/aromatic N) is 4. The van der Waals surface area contributed by atoms with Crippen LogP contribution in [0.5, 0.6) is 5.75 Å². The fourth-order valence-electron chi connectivity index (χ4n) is 4.59. The molecule has 3 aromatic rings. The summed E-state index contributed by atoms with van der Waals surface area (Å²) in [5.74, 6) is -0.765. The summed E-state index contributed by atoms with van der Waals surface area (Å²) in [7, 11) is -3.77. The molecule has 2 heterocycles. The summed E-state index contributed by atoms with van der Waals surface area (Å²) in [6.07, 6.45) is 2.74. The molecule has 37 heavy (non-hydrogen) atoms. The lowest BCUT2D eigenvalue weighted by atomic mass is 9.88. The standard InChI is InChI=1S/C27H34N4O5S/c1-18(2)31-17-24(28-29-31)12-11-22(14-27(32)33)21-10-9-19(3)23(13-21)16-30-15-20(4)36-25-7-5-6-8-26(25)37(30,34)35/h5-10,13,17-18,20,22H,11-12,14-16H2,1-4H3,(H,32,33). The Morgan fingerprint density at radius 1 is 1.22 bits per heavy atom. The van der Waals surface area contributed by atoms with E-state index in [0.717, 1.165) is 22.4 Å². The molecule has 0 saturated heterocycles. The van der Waals surface area contributed by atoms with E-state index < -0.39 is 16.0 Å². The van der Waals surface area contributed by atoms with Crippen LogP contribution >= 0.6 is 0 Å². The average Bonchev–Trinajstić information content (AvgIpc) is 3.29. The number of aromatic nitrogens is 3. The smallest absolute Gasteiger partial charge is 0.303 e. The van der Waals surface area contributed by atoms with Crippen LogP contribution in [-0.4, -0.2) is 51.4 Å². The summed E-state index contributed by atoms with van der Waals surface area (Å²) in [4.78, 5) is 11.9.